The average Bonchev–Trinajstić information content (AvgIpc) is 3.03. The lowest BCUT2D eigenvalue weighted by molar-refractivity contribution is -0.00642. The molecule has 130 valence electrons. The number of oxazole rings is 1. The van der Waals surface area contributed by atoms with Crippen molar-refractivity contribution in [2.45, 2.75) is 26.1 Å². The van der Waals surface area contributed by atoms with Crippen LogP contribution in [0.3, 0.4) is 0 Å². The molecule has 6 heteroatoms. The van der Waals surface area contributed by atoms with E-state index in [0.717, 1.165) is 11.3 Å². The van der Waals surface area contributed by atoms with Gasteiger partial charge in [0.15, 0.2) is 0 Å². The molecule has 0 saturated carbocycles. The van der Waals surface area contributed by atoms with Gasteiger partial charge in [0.2, 0.25) is 17.5 Å². The van der Waals surface area contributed by atoms with Crippen LogP contribution in [-0.4, -0.2) is 37.4 Å². The summed E-state index contributed by atoms with van der Waals surface area (Å²) in [7, 11) is 1.63. The molecule has 2 heterocycles. The lowest BCUT2D eigenvalue weighted by Crippen LogP contribution is -2.45. The summed E-state index contributed by atoms with van der Waals surface area (Å²) in [4.78, 5) is 6.30. The Kier molecular flexibility index (Phi) is 5.05. The minimum atomic E-state index is 0.0798. The molecule has 1 aliphatic rings. The number of morpholine rings is 1. The molecule has 1 fully saturated rings. The van der Waals surface area contributed by atoms with Crippen molar-refractivity contribution < 1.29 is 13.9 Å². The van der Waals surface area contributed by atoms with Crippen LogP contribution < -0.4 is 9.64 Å². The molecule has 1 aliphatic heterocycles. The topological polar surface area (TPSA) is 71.5 Å². The third-order valence-electron chi connectivity index (χ3n) is 3.95. The summed E-state index contributed by atoms with van der Waals surface area (Å²) in [5.74, 6) is 1.69. The Hall–Kier alpha value is -2.78. The van der Waals surface area contributed by atoms with Crippen molar-refractivity contribution in [2.75, 3.05) is 25.1 Å². The highest BCUT2D eigenvalue weighted by Crippen LogP contribution is 2.26. The van der Waals surface area contributed by atoms with E-state index in [1.165, 1.54) is 0 Å². The van der Waals surface area contributed by atoms with Crippen LogP contribution in [0.5, 0.6) is 5.75 Å². The van der Waals surface area contributed by atoms with Crippen LogP contribution >= 0.6 is 0 Å². The number of rotatable bonds is 4. The fourth-order valence-electron chi connectivity index (χ4n) is 2.94. The zero-order valence-corrected chi connectivity index (χ0v) is 14.6. The van der Waals surface area contributed by atoms with Gasteiger partial charge in [-0.1, -0.05) is 12.1 Å². The predicted molar refractivity (Wildman–Crippen MR) is 95.4 cm³/mol. The first-order valence-corrected chi connectivity index (χ1v) is 8.22. The van der Waals surface area contributed by atoms with Crippen LogP contribution in [0.15, 0.2) is 28.7 Å². The van der Waals surface area contributed by atoms with Gasteiger partial charge in [0.25, 0.3) is 0 Å². The van der Waals surface area contributed by atoms with Crippen molar-refractivity contribution in [3.05, 3.63) is 41.4 Å². The fraction of sp³-hybridized carbons (Fsp3) is 0.368. The van der Waals surface area contributed by atoms with Crippen LogP contribution in [0.1, 0.15) is 31.0 Å². The van der Waals surface area contributed by atoms with Gasteiger partial charge >= 0.3 is 0 Å². The molecule has 25 heavy (non-hydrogen) atoms. The van der Waals surface area contributed by atoms with Crippen LogP contribution in [0, 0.1) is 11.3 Å². The molecule has 1 saturated heterocycles. The molecule has 2 aromatic rings. The number of ether oxygens (including phenoxy) is 2. The number of benzene rings is 1. The molecule has 0 radical (unpaired) electrons. The van der Waals surface area contributed by atoms with Crippen molar-refractivity contribution in [3.63, 3.8) is 0 Å². The van der Waals surface area contributed by atoms with Gasteiger partial charge in [0.05, 0.1) is 19.3 Å². The minimum Gasteiger partial charge on any atom is -0.497 e. The minimum absolute atomic E-state index is 0.0798. The van der Waals surface area contributed by atoms with Gasteiger partial charge in [0.1, 0.15) is 11.8 Å². The molecule has 1 aromatic heterocycles. The van der Waals surface area contributed by atoms with E-state index in [1.807, 2.05) is 49.1 Å². The lowest BCUT2D eigenvalue weighted by atomic mass is 10.2. The fourth-order valence-corrected chi connectivity index (χ4v) is 2.94. The van der Waals surface area contributed by atoms with E-state index in [-0.39, 0.29) is 12.2 Å². The maximum atomic E-state index is 9.38. The highest BCUT2D eigenvalue weighted by molar-refractivity contribution is 5.68. The zero-order chi connectivity index (χ0) is 17.8. The molecule has 0 bridgehead atoms. The summed E-state index contributed by atoms with van der Waals surface area (Å²) < 4.78 is 16.8. The number of hydrogen-bond donors (Lipinski definition) is 0. The molecule has 0 aliphatic carbocycles. The largest absolute Gasteiger partial charge is 0.497 e. The number of nitrogens with zero attached hydrogens (tertiary/aromatic N) is 3. The van der Waals surface area contributed by atoms with E-state index in [4.69, 9.17) is 13.9 Å². The highest BCUT2D eigenvalue weighted by atomic mass is 16.5. The van der Waals surface area contributed by atoms with Gasteiger partial charge in [-0.15, -0.1) is 0 Å². The summed E-state index contributed by atoms with van der Waals surface area (Å²) in [6.45, 7) is 5.36. The highest BCUT2D eigenvalue weighted by Gasteiger charge is 2.27. The van der Waals surface area contributed by atoms with E-state index in [9.17, 15) is 5.26 Å². The molecule has 0 N–H and O–H groups in total. The SMILES string of the molecule is COc1cccc(/C=C/c2nc(C#N)c(N3C[C@@H](C)O[C@@H](C)C3)o2)c1. The number of nitriles is 1. The molecule has 6 nitrogen and oxygen atoms in total. The number of hydrogen-bond acceptors (Lipinski definition) is 6. The van der Waals surface area contributed by atoms with Gasteiger partial charge in [-0.25, -0.2) is 0 Å². The normalized spacial score (nSPS) is 20.6. The van der Waals surface area contributed by atoms with E-state index >= 15 is 0 Å². The lowest BCUT2D eigenvalue weighted by Gasteiger charge is -2.34. The molecular weight excluding hydrogens is 318 g/mol. The van der Waals surface area contributed by atoms with Gasteiger partial charge < -0.3 is 18.8 Å². The van der Waals surface area contributed by atoms with Crippen molar-refractivity contribution in [3.8, 4) is 11.8 Å². The first-order chi connectivity index (χ1) is 12.1. The number of aromatic nitrogens is 1. The Morgan fingerprint density at radius 1 is 1.28 bits per heavy atom. The Morgan fingerprint density at radius 2 is 2.04 bits per heavy atom. The molecule has 0 unspecified atom stereocenters. The van der Waals surface area contributed by atoms with Crippen molar-refractivity contribution >= 4 is 18.0 Å². The smallest absolute Gasteiger partial charge is 0.235 e. The molecule has 3 rings (SSSR count). The predicted octanol–water partition coefficient (Wildman–Crippen LogP) is 3.34. The number of methoxy groups -OCH3 is 1. The second kappa shape index (κ2) is 7.41. The van der Waals surface area contributed by atoms with E-state index in [1.54, 1.807) is 13.2 Å². The van der Waals surface area contributed by atoms with Crippen LogP contribution in [0.4, 0.5) is 5.88 Å². The van der Waals surface area contributed by atoms with E-state index in [0.29, 0.717) is 30.6 Å². The van der Waals surface area contributed by atoms with Crippen LogP contribution in [0.2, 0.25) is 0 Å². The summed E-state index contributed by atoms with van der Waals surface area (Å²) in [5.41, 5.74) is 1.26. The maximum Gasteiger partial charge on any atom is 0.235 e. The van der Waals surface area contributed by atoms with E-state index < -0.39 is 0 Å². The monoisotopic (exact) mass is 339 g/mol. The van der Waals surface area contributed by atoms with Gasteiger partial charge in [0, 0.05) is 19.2 Å². The Balaban J connectivity index is 1.83. The van der Waals surface area contributed by atoms with Gasteiger partial charge in [-0.3, -0.25) is 0 Å². The third-order valence-corrected chi connectivity index (χ3v) is 3.95. The van der Waals surface area contributed by atoms with Gasteiger partial charge in [-0.05, 0) is 37.6 Å². The second-order valence-electron chi connectivity index (χ2n) is 6.09. The first kappa shape index (κ1) is 17.1. The quantitative estimate of drug-likeness (QED) is 0.851. The molecular formula is C19H21N3O3. The Morgan fingerprint density at radius 3 is 2.72 bits per heavy atom. The molecule has 1 aromatic carbocycles. The van der Waals surface area contributed by atoms with Gasteiger partial charge in [-0.2, -0.15) is 10.2 Å². The number of anilines is 1. The Labute approximate surface area is 147 Å². The molecule has 2 atom stereocenters. The molecule has 0 amide bonds. The summed E-state index contributed by atoms with van der Waals surface area (Å²) >= 11 is 0. The van der Waals surface area contributed by atoms with Crippen molar-refractivity contribution in [1.82, 2.24) is 4.98 Å². The van der Waals surface area contributed by atoms with Crippen LogP contribution in [0.25, 0.3) is 12.2 Å². The second-order valence-corrected chi connectivity index (χ2v) is 6.09. The molecule has 0 spiro atoms. The summed E-state index contributed by atoms with van der Waals surface area (Å²) in [6, 6.07) is 9.79. The average molecular weight is 339 g/mol. The van der Waals surface area contributed by atoms with Crippen LogP contribution in [-0.2, 0) is 4.74 Å². The third kappa shape index (κ3) is 4.01. The Bertz CT molecular complexity index is 796. The zero-order valence-electron chi connectivity index (χ0n) is 14.6. The first-order valence-electron chi connectivity index (χ1n) is 8.22. The standard InChI is InChI=1S/C19H21N3O3/c1-13-11-22(12-14(2)24-13)19-17(10-20)21-18(25-19)8-7-15-5-4-6-16(9-15)23-3/h4-9,13-14H,11-12H2,1-3H3/b8-7+/t13-,14+. The maximum absolute atomic E-state index is 9.38. The van der Waals surface area contributed by atoms with Crippen molar-refractivity contribution in [1.29, 1.82) is 5.26 Å². The summed E-state index contributed by atoms with van der Waals surface area (Å²) in [5, 5.41) is 9.38. The van der Waals surface area contributed by atoms with E-state index in [2.05, 4.69) is 11.1 Å². The summed E-state index contributed by atoms with van der Waals surface area (Å²) in [6.07, 6.45) is 3.79. The van der Waals surface area contributed by atoms with Crippen molar-refractivity contribution in [2.24, 2.45) is 0 Å².